The zero-order chi connectivity index (χ0) is 11.1. The van der Waals surface area contributed by atoms with Gasteiger partial charge in [0, 0.05) is 24.5 Å². The summed E-state index contributed by atoms with van der Waals surface area (Å²) in [6, 6.07) is 1.65. The maximum atomic E-state index is 11.0. The van der Waals surface area contributed by atoms with Crippen LogP contribution in [0.2, 0.25) is 0 Å². The second-order valence-electron chi connectivity index (χ2n) is 2.38. The quantitative estimate of drug-likeness (QED) is 0.412. The van der Waals surface area contributed by atoms with Crippen molar-refractivity contribution in [2.75, 3.05) is 0 Å². The standard InChI is InChI=1S/C10H8N2O3/c1-2-9(13)15-10(14)5-4-8-11-6-3-7-12-8/h2-7H,1H2/b5-4+. The Labute approximate surface area is 86.1 Å². The molecule has 0 bridgehead atoms. The largest absolute Gasteiger partial charge is 0.387 e. The first-order valence-corrected chi connectivity index (χ1v) is 4.05. The summed E-state index contributed by atoms with van der Waals surface area (Å²) in [5.41, 5.74) is 0. The Morgan fingerprint density at radius 2 is 1.93 bits per heavy atom. The van der Waals surface area contributed by atoms with Gasteiger partial charge in [0.05, 0.1) is 0 Å². The lowest BCUT2D eigenvalue weighted by Gasteiger charge is -1.93. The van der Waals surface area contributed by atoms with Crippen LogP contribution in [0.4, 0.5) is 0 Å². The van der Waals surface area contributed by atoms with Crippen molar-refractivity contribution in [1.29, 1.82) is 0 Å². The van der Waals surface area contributed by atoms with Crippen LogP contribution in [-0.2, 0) is 14.3 Å². The van der Waals surface area contributed by atoms with E-state index in [0.29, 0.717) is 5.82 Å². The third-order valence-corrected chi connectivity index (χ3v) is 1.32. The highest BCUT2D eigenvalue weighted by Crippen LogP contribution is 1.92. The van der Waals surface area contributed by atoms with E-state index in [1.165, 1.54) is 18.5 Å². The molecule has 0 aromatic carbocycles. The minimum Gasteiger partial charge on any atom is -0.387 e. The molecule has 0 spiro atoms. The summed E-state index contributed by atoms with van der Waals surface area (Å²) in [5, 5.41) is 0. The van der Waals surface area contributed by atoms with E-state index in [2.05, 4.69) is 21.3 Å². The molecule has 76 valence electrons. The second kappa shape index (κ2) is 5.43. The number of carbonyl (C=O) groups excluding carboxylic acids is 2. The molecular formula is C10H8N2O3. The molecule has 0 saturated carbocycles. The van der Waals surface area contributed by atoms with Gasteiger partial charge in [-0.1, -0.05) is 6.58 Å². The molecule has 0 atom stereocenters. The van der Waals surface area contributed by atoms with Gasteiger partial charge in [0.1, 0.15) is 0 Å². The molecule has 1 aromatic rings. The molecule has 0 amide bonds. The Bertz CT molecular complexity index is 398. The first kappa shape index (κ1) is 10.8. The van der Waals surface area contributed by atoms with Crippen molar-refractivity contribution >= 4 is 18.0 Å². The summed E-state index contributed by atoms with van der Waals surface area (Å²) in [6.45, 7) is 3.16. The van der Waals surface area contributed by atoms with Gasteiger partial charge < -0.3 is 4.74 Å². The van der Waals surface area contributed by atoms with Gasteiger partial charge >= 0.3 is 11.9 Å². The van der Waals surface area contributed by atoms with E-state index < -0.39 is 11.9 Å². The van der Waals surface area contributed by atoms with E-state index in [1.54, 1.807) is 6.07 Å². The molecule has 0 aliphatic rings. The predicted molar refractivity (Wildman–Crippen MR) is 52.4 cm³/mol. The van der Waals surface area contributed by atoms with Crippen molar-refractivity contribution in [2.45, 2.75) is 0 Å². The van der Waals surface area contributed by atoms with E-state index in [9.17, 15) is 9.59 Å². The van der Waals surface area contributed by atoms with Gasteiger partial charge in [0.2, 0.25) is 0 Å². The minimum absolute atomic E-state index is 0.362. The van der Waals surface area contributed by atoms with Crippen LogP contribution in [0.1, 0.15) is 5.82 Å². The highest BCUT2D eigenvalue weighted by molar-refractivity contribution is 5.97. The summed E-state index contributed by atoms with van der Waals surface area (Å²) in [4.78, 5) is 29.2. The number of hydrogen-bond acceptors (Lipinski definition) is 5. The van der Waals surface area contributed by atoms with Crippen LogP contribution in [0.15, 0.2) is 37.2 Å². The molecule has 0 radical (unpaired) electrons. The molecule has 0 aliphatic carbocycles. The Morgan fingerprint density at radius 3 is 2.53 bits per heavy atom. The van der Waals surface area contributed by atoms with Crippen LogP contribution in [0, 0.1) is 0 Å². The van der Waals surface area contributed by atoms with Gasteiger partial charge in [-0.15, -0.1) is 0 Å². The number of aromatic nitrogens is 2. The topological polar surface area (TPSA) is 69.2 Å². The van der Waals surface area contributed by atoms with Gasteiger partial charge in [0.25, 0.3) is 0 Å². The SMILES string of the molecule is C=CC(=O)OC(=O)/C=C/c1ncccn1. The lowest BCUT2D eigenvalue weighted by atomic mass is 10.4. The van der Waals surface area contributed by atoms with Crippen molar-refractivity contribution in [3.05, 3.63) is 43.0 Å². The molecule has 1 rings (SSSR count). The number of carbonyl (C=O) groups is 2. The number of ether oxygens (including phenoxy) is 1. The fourth-order valence-corrected chi connectivity index (χ4v) is 0.714. The van der Waals surface area contributed by atoms with Crippen LogP contribution in [0.3, 0.4) is 0 Å². The van der Waals surface area contributed by atoms with Crippen molar-refractivity contribution in [2.24, 2.45) is 0 Å². The molecule has 1 heterocycles. The van der Waals surface area contributed by atoms with Crippen LogP contribution in [0.25, 0.3) is 6.08 Å². The molecule has 5 heteroatoms. The summed E-state index contributed by atoms with van der Waals surface area (Å²) in [5.74, 6) is -1.22. The summed E-state index contributed by atoms with van der Waals surface area (Å²) in [7, 11) is 0. The van der Waals surface area contributed by atoms with Crippen molar-refractivity contribution in [1.82, 2.24) is 9.97 Å². The van der Waals surface area contributed by atoms with E-state index in [4.69, 9.17) is 0 Å². The number of nitrogens with zero attached hydrogens (tertiary/aromatic N) is 2. The van der Waals surface area contributed by atoms with Gasteiger partial charge in [-0.3, -0.25) is 0 Å². The highest BCUT2D eigenvalue weighted by Gasteiger charge is 2.02. The van der Waals surface area contributed by atoms with E-state index in [-0.39, 0.29) is 0 Å². The van der Waals surface area contributed by atoms with Crippen molar-refractivity contribution in [3.63, 3.8) is 0 Å². The van der Waals surface area contributed by atoms with Gasteiger partial charge in [-0.05, 0) is 12.1 Å². The zero-order valence-electron chi connectivity index (χ0n) is 7.79. The Hall–Kier alpha value is -2.30. The molecule has 15 heavy (non-hydrogen) atoms. The predicted octanol–water partition coefficient (Wildman–Crippen LogP) is 0.746. The minimum atomic E-state index is -0.793. The second-order valence-corrected chi connectivity index (χ2v) is 2.38. The average molecular weight is 204 g/mol. The molecular weight excluding hydrogens is 196 g/mol. The molecule has 0 saturated heterocycles. The van der Waals surface area contributed by atoms with Crippen LogP contribution < -0.4 is 0 Å². The normalized spacial score (nSPS) is 9.87. The smallest absolute Gasteiger partial charge is 0.338 e. The number of esters is 2. The van der Waals surface area contributed by atoms with E-state index >= 15 is 0 Å². The molecule has 0 unspecified atom stereocenters. The maximum absolute atomic E-state index is 11.0. The Balaban J connectivity index is 2.55. The molecule has 1 aromatic heterocycles. The van der Waals surface area contributed by atoms with Gasteiger partial charge in [0.15, 0.2) is 5.82 Å². The Kier molecular flexibility index (Phi) is 3.91. The molecule has 0 aliphatic heterocycles. The summed E-state index contributed by atoms with van der Waals surface area (Å²) < 4.78 is 4.28. The first-order chi connectivity index (χ1) is 7.22. The van der Waals surface area contributed by atoms with Gasteiger partial charge in [-0.2, -0.15) is 0 Å². The lowest BCUT2D eigenvalue weighted by molar-refractivity contribution is -0.152. The monoisotopic (exact) mass is 204 g/mol. The van der Waals surface area contributed by atoms with E-state index in [1.807, 2.05) is 0 Å². The number of rotatable bonds is 3. The third kappa shape index (κ3) is 3.95. The highest BCUT2D eigenvalue weighted by atomic mass is 16.6. The molecule has 5 nitrogen and oxygen atoms in total. The maximum Gasteiger partial charge on any atom is 0.338 e. The van der Waals surface area contributed by atoms with Crippen molar-refractivity contribution < 1.29 is 14.3 Å². The zero-order valence-corrected chi connectivity index (χ0v) is 7.79. The Morgan fingerprint density at radius 1 is 1.27 bits per heavy atom. The van der Waals surface area contributed by atoms with Crippen LogP contribution in [0.5, 0.6) is 0 Å². The van der Waals surface area contributed by atoms with Crippen molar-refractivity contribution in [3.8, 4) is 0 Å². The van der Waals surface area contributed by atoms with E-state index in [0.717, 1.165) is 12.2 Å². The van der Waals surface area contributed by atoms with Crippen LogP contribution >= 0.6 is 0 Å². The third-order valence-electron chi connectivity index (χ3n) is 1.32. The summed E-state index contributed by atoms with van der Waals surface area (Å²) >= 11 is 0. The van der Waals surface area contributed by atoms with Gasteiger partial charge in [-0.25, -0.2) is 19.6 Å². The molecule has 0 fully saturated rings. The molecule has 0 N–H and O–H groups in total. The summed E-state index contributed by atoms with van der Waals surface area (Å²) in [6.07, 6.45) is 6.39. The fraction of sp³-hybridized carbons (Fsp3) is 0. The van der Waals surface area contributed by atoms with Crippen LogP contribution in [-0.4, -0.2) is 21.9 Å². The first-order valence-electron chi connectivity index (χ1n) is 4.05. The fourth-order valence-electron chi connectivity index (χ4n) is 0.714. The lowest BCUT2D eigenvalue weighted by Crippen LogP contribution is -2.06. The average Bonchev–Trinajstić information content (AvgIpc) is 2.27. The number of hydrogen-bond donors (Lipinski definition) is 0.